The van der Waals surface area contributed by atoms with Crippen molar-refractivity contribution in [2.45, 2.75) is 20.0 Å². The van der Waals surface area contributed by atoms with Gasteiger partial charge in [0.1, 0.15) is 0 Å². The molecule has 0 bridgehead atoms. The molecule has 0 saturated carbocycles. The smallest absolute Gasteiger partial charge is 0.735 e. The summed E-state index contributed by atoms with van der Waals surface area (Å²) < 4.78 is 32.2. The minimum absolute atomic E-state index is 0. The van der Waals surface area contributed by atoms with Gasteiger partial charge < -0.3 is 14.6 Å². The standard InChI is InChI=1S/C8H20N2O4S.K/c1-4-10(5-2)7-8(11)6-9(3)15(12,13)14;/h8,11H,4-7H2,1-3H3,(H,12,13,14);/q;+1/p-1. The molecule has 0 aromatic rings. The largest absolute Gasteiger partial charge is 1.00 e. The molecule has 0 radical (unpaired) electrons. The summed E-state index contributed by atoms with van der Waals surface area (Å²) in [5.74, 6) is 0. The summed E-state index contributed by atoms with van der Waals surface area (Å²) in [6, 6.07) is 0. The van der Waals surface area contributed by atoms with Gasteiger partial charge in [0.15, 0.2) is 10.3 Å². The Morgan fingerprint density at radius 1 is 1.25 bits per heavy atom. The van der Waals surface area contributed by atoms with E-state index >= 15 is 0 Å². The van der Waals surface area contributed by atoms with E-state index < -0.39 is 16.4 Å². The van der Waals surface area contributed by atoms with Gasteiger partial charge in [0.2, 0.25) is 0 Å². The van der Waals surface area contributed by atoms with E-state index in [1.54, 1.807) is 0 Å². The molecule has 0 aromatic carbocycles. The molecule has 0 fully saturated rings. The third-order valence-electron chi connectivity index (χ3n) is 2.21. The van der Waals surface area contributed by atoms with Gasteiger partial charge in [0, 0.05) is 20.1 Å². The fraction of sp³-hybridized carbons (Fsp3) is 1.00. The van der Waals surface area contributed by atoms with Crippen molar-refractivity contribution < 1.29 is 69.5 Å². The molecule has 0 aliphatic heterocycles. The molecule has 0 saturated heterocycles. The van der Waals surface area contributed by atoms with Crippen LogP contribution in [0.1, 0.15) is 13.8 Å². The molecule has 8 heteroatoms. The second-order valence-corrected chi connectivity index (χ2v) is 4.86. The Bertz CT molecular complexity index is 269. The molecule has 6 nitrogen and oxygen atoms in total. The SMILES string of the molecule is CCN(CC)CC(O)CN(C)S(=O)(=O)[O-].[K+]. The van der Waals surface area contributed by atoms with Gasteiger partial charge in [0.05, 0.1) is 6.10 Å². The van der Waals surface area contributed by atoms with Gasteiger partial charge in [0.25, 0.3) is 0 Å². The first-order valence-electron chi connectivity index (χ1n) is 4.88. The van der Waals surface area contributed by atoms with Gasteiger partial charge in [-0.1, -0.05) is 13.8 Å². The summed E-state index contributed by atoms with van der Waals surface area (Å²) in [6.45, 7) is 5.66. The Morgan fingerprint density at radius 3 is 2.00 bits per heavy atom. The molecule has 1 atom stereocenters. The first kappa shape index (κ1) is 19.8. The molecular formula is C8H19KN2O4S. The molecule has 1 N–H and O–H groups in total. The van der Waals surface area contributed by atoms with Crippen LogP contribution in [0.5, 0.6) is 0 Å². The third kappa shape index (κ3) is 8.51. The van der Waals surface area contributed by atoms with E-state index in [9.17, 15) is 18.1 Å². The van der Waals surface area contributed by atoms with Crippen molar-refractivity contribution >= 4 is 10.3 Å². The summed E-state index contributed by atoms with van der Waals surface area (Å²) in [5.41, 5.74) is 0. The fourth-order valence-electron chi connectivity index (χ4n) is 1.23. The van der Waals surface area contributed by atoms with Crippen LogP contribution in [-0.2, 0) is 10.3 Å². The average Bonchev–Trinajstić information content (AvgIpc) is 2.12. The Morgan fingerprint density at radius 2 is 1.69 bits per heavy atom. The number of rotatable bonds is 7. The predicted molar refractivity (Wildman–Crippen MR) is 56.1 cm³/mol. The topological polar surface area (TPSA) is 83.9 Å². The van der Waals surface area contributed by atoms with Gasteiger partial charge in [-0.25, -0.2) is 12.7 Å². The average molecular weight is 278 g/mol. The van der Waals surface area contributed by atoms with Gasteiger partial charge in [-0.15, -0.1) is 0 Å². The molecule has 16 heavy (non-hydrogen) atoms. The minimum atomic E-state index is -4.44. The molecule has 0 aromatic heterocycles. The molecule has 1 unspecified atom stereocenters. The first-order chi connectivity index (χ1) is 6.81. The van der Waals surface area contributed by atoms with Crippen LogP contribution in [-0.4, -0.2) is 66.6 Å². The van der Waals surface area contributed by atoms with Crippen LogP contribution in [0, 0.1) is 0 Å². The van der Waals surface area contributed by atoms with E-state index in [1.165, 1.54) is 0 Å². The van der Waals surface area contributed by atoms with Crippen molar-refractivity contribution in [1.82, 2.24) is 9.21 Å². The van der Waals surface area contributed by atoms with Crippen molar-refractivity contribution in [2.75, 3.05) is 33.2 Å². The zero-order valence-electron chi connectivity index (χ0n) is 10.4. The Balaban J connectivity index is 0. The van der Waals surface area contributed by atoms with Gasteiger partial charge >= 0.3 is 51.4 Å². The van der Waals surface area contributed by atoms with Crippen molar-refractivity contribution in [2.24, 2.45) is 0 Å². The zero-order chi connectivity index (χ0) is 12.1. The second-order valence-electron chi connectivity index (χ2n) is 3.38. The van der Waals surface area contributed by atoms with E-state index in [0.29, 0.717) is 10.8 Å². The van der Waals surface area contributed by atoms with E-state index in [4.69, 9.17) is 0 Å². The zero-order valence-corrected chi connectivity index (χ0v) is 14.3. The van der Waals surface area contributed by atoms with E-state index in [0.717, 1.165) is 20.1 Å². The monoisotopic (exact) mass is 278 g/mol. The van der Waals surface area contributed by atoms with Crippen molar-refractivity contribution in [3.05, 3.63) is 0 Å². The summed E-state index contributed by atoms with van der Waals surface area (Å²) in [4.78, 5) is 1.95. The number of aliphatic hydroxyl groups excluding tert-OH is 1. The van der Waals surface area contributed by atoms with E-state index in [2.05, 4.69) is 0 Å². The van der Waals surface area contributed by atoms with Gasteiger partial charge in [-0.05, 0) is 13.1 Å². The minimum Gasteiger partial charge on any atom is -0.735 e. The van der Waals surface area contributed by atoms with E-state index in [-0.39, 0.29) is 57.9 Å². The fourth-order valence-corrected chi connectivity index (χ4v) is 1.58. The molecule has 0 amide bonds. The summed E-state index contributed by atoms with van der Waals surface area (Å²) in [5, 5.41) is 9.53. The number of nitrogens with zero attached hydrogens (tertiary/aromatic N) is 2. The second kappa shape index (κ2) is 9.37. The first-order valence-corrected chi connectivity index (χ1v) is 6.25. The molecular weight excluding hydrogens is 259 g/mol. The van der Waals surface area contributed by atoms with Crippen molar-refractivity contribution in [3.8, 4) is 0 Å². The molecule has 92 valence electrons. The molecule has 0 rings (SSSR count). The van der Waals surface area contributed by atoms with Crippen LogP contribution in [0.25, 0.3) is 0 Å². The summed E-state index contributed by atoms with van der Waals surface area (Å²) >= 11 is 0. The molecule has 0 spiro atoms. The Kier molecular flexibility index (Phi) is 11.6. The molecule has 0 heterocycles. The van der Waals surface area contributed by atoms with Crippen LogP contribution >= 0.6 is 0 Å². The number of aliphatic hydroxyl groups is 1. The maximum atomic E-state index is 10.5. The maximum absolute atomic E-state index is 10.5. The van der Waals surface area contributed by atoms with Crippen molar-refractivity contribution in [3.63, 3.8) is 0 Å². The quantitative estimate of drug-likeness (QED) is 0.380. The van der Waals surface area contributed by atoms with Crippen LogP contribution in [0.2, 0.25) is 0 Å². The van der Waals surface area contributed by atoms with Crippen molar-refractivity contribution in [1.29, 1.82) is 0 Å². The van der Waals surface area contributed by atoms with Crippen LogP contribution in [0.4, 0.5) is 0 Å². The Labute approximate surface area is 140 Å². The Hall–Kier alpha value is 1.43. The normalized spacial score (nSPS) is 13.9. The van der Waals surface area contributed by atoms with E-state index in [1.807, 2.05) is 18.7 Å². The van der Waals surface area contributed by atoms with Gasteiger partial charge in [-0.3, -0.25) is 0 Å². The van der Waals surface area contributed by atoms with Crippen LogP contribution in [0.15, 0.2) is 0 Å². The van der Waals surface area contributed by atoms with Gasteiger partial charge in [-0.2, -0.15) is 0 Å². The predicted octanol–water partition coefficient (Wildman–Crippen LogP) is -3.91. The summed E-state index contributed by atoms with van der Waals surface area (Å²) in [7, 11) is -3.28. The summed E-state index contributed by atoms with van der Waals surface area (Å²) in [6.07, 6.45) is -0.835. The van der Waals surface area contributed by atoms with Crippen LogP contribution in [0.3, 0.4) is 0 Å². The number of likely N-dealkylation sites (N-methyl/N-ethyl adjacent to an activating group) is 2. The van der Waals surface area contributed by atoms with Crippen LogP contribution < -0.4 is 51.4 Å². The molecule has 0 aliphatic rings. The number of hydrogen-bond donors (Lipinski definition) is 1. The molecule has 0 aliphatic carbocycles. The maximum Gasteiger partial charge on any atom is 1.00 e. The number of hydrogen-bond acceptors (Lipinski definition) is 5. The third-order valence-corrected chi connectivity index (χ3v) is 3.13.